The number of alkyl halides is 3. The molecule has 0 aromatic heterocycles. The molecule has 2 amide bonds. The van der Waals surface area contributed by atoms with E-state index in [1.807, 2.05) is 13.0 Å². The minimum Gasteiger partial charge on any atom is -0.268 e. The Kier molecular flexibility index (Phi) is 4.78. The minimum absolute atomic E-state index is 0.0309. The lowest BCUT2D eigenvalue weighted by Crippen LogP contribution is -2.41. The number of aryl methyl sites for hydroxylation is 1. The number of carbonyl (C=O) groups is 2. The predicted molar refractivity (Wildman–Crippen MR) is 109 cm³/mol. The summed E-state index contributed by atoms with van der Waals surface area (Å²) in [5, 5.41) is 0. The first-order chi connectivity index (χ1) is 14.3. The molecule has 3 aromatic rings. The quantitative estimate of drug-likeness (QED) is 0.401. The maximum atomic E-state index is 13.5. The number of nitrogens with zero attached hydrogens (tertiary/aromatic N) is 1. The molecule has 6 heteroatoms. The second-order valence-electron chi connectivity index (χ2n) is 6.97. The van der Waals surface area contributed by atoms with E-state index in [0.717, 1.165) is 16.5 Å². The van der Waals surface area contributed by atoms with Crippen LogP contribution >= 0.6 is 0 Å². The Bertz CT molecular complexity index is 1190. The van der Waals surface area contributed by atoms with Crippen LogP contribution in [0.25, 0.3) is 11.6 Å². The topological polar surface area (TPSA) is 37.4 Å². The van der Waals surface area contributed by atoms with Gasteiger partial charge < -0.3 is 0 Å². The highest BCUT2D eigenvalue weighted by Crippen LogP contribution is 2.37. The Hall–Kier alpha value is -3.67. The lowest BCUT2D eigenvalue weighted by Gasteiger charge is -2.29. The van der Waals surface area contributed by atoms with Crippen molar-refractivity contribution in [1.82, 2.24) is 0 Å². The number of fused-ring (bicyclic) bond motifs is 1. The average Bonchev–Trinajstić information content (AvgIpc) is 2.71. The van der Waals surface area contributed by atoms with E-state index < -0.39 is 23.6 Å². The number of carbonyl (C=O) groups excluding carboxylic acids is 2. The van der Waals surface area contributed by atoms with Crippen LogP contribution < -0.4 is 4.90 Å². The van der Waals surface area contributed by atoms with Crippen LogP contribution in [0.4, 0.5) is 18.9 Å². The second kappa shape index (κ2) is 7.30. The second-order valence-corrected chi connectivity index (χ2v) is 6.97. The number of amides is 2. The molecule has 3 nitrogen and oxygen atoms in total. The molecule has 1 heterocycles. The van der Waals surface area contributed by atoms with Crippen molar-refractivity contribution in [2.75, 3.05) is 4.90 Å². The van der Waals surface area contributed by atoms with Crippen LogP contribution in [-0.4, -0.2) is 11.8 Å². The molecule has 0 unspecified atom stereocenters. The van der Waals surface area contributed by atoms with Gasteiger partial charge in [-0.2, -0.15) is 13.2 Å². The van der Waals surface area contributed by atoms with Gasteiger partial charge in [-0.05, 0) is 54.0 Å². The van der Waals surface area contributed by atoms with Crippen molar-refractivity contribution in [3.63, 3.8) is 0 Å². The highest BCUT2D eigenvalue weighted by atomic mass is 19.4. The van der Waals surface area contributed by atoms with Crippen LogP contribution in [0.3, 0.4) is 0 Å². The Morgan fingerprint density at radius 1 is 0.800 bits per heavy atom. The van der Waals surface area contributed by atoms with Gasteiger partial charge in [-0.1, -0.05) is 48.5 Å². The molecule has 0 radical (unpaired) electrons. The number of rotatable bonds is 2. The van der Waals surface area contributed by atoms with Crippen LogP contribution in [0.15, 0.2) is 72.8 Å². The van der Waals surface area contributed by atoms with Crippen molar-refractivity contribution in [2.45, 2.75) is 13.1 Å². The summed E-state index contributed by atoms with van der Waals surface area (Å²) in [6.07, 6.45) is -3.36. The molecule has 0 N–H and O–H groups in total. The van der Waals surface area contributed by atoms with Gasteiger partial charge in [0.15, 0.2) is 0 Å². The average molecular weight is 407 g/mol. The van der Waals surface area contributed by atoms with Gasteiger partial charge in [-0.3, -0.25) is 9.59 Å². The maximum Gasteiger partial charge on any atom is 0.416 e. The molecule has 0 aliphatic carbocycles. The van der Waals surface area contributed by atoms with Crippen molar-refractivity contribution in [1.29, 1.82) is 0 Å². The van der Waals surface area contributed by atoms with E-state index in [9.17, 15) is 22.8 Å². The first-order valence-electron chi connectivity index (χ1n) is 9.20. The Morgan fingerprint density at radius 3 is 2.17 bits per heavy atom. The zero-order chi connectivity index (χ0) is 21.5. The van der Waals surface area contributed by atoms with Crippen molar-refractivity contribution in [2.24, 2.45) is 0 Å². The van der Waals surface area contributed by atoms with E-state index in [-0.39, 0.29) is 16.7 Å². The number of hydrogen-bond donors (Lipinski definition) is 0. The number of anilines is 1. The van der Waals surface area contributed by atoms with E-state index >= 15 is 0 Å². The van der Waals surface area contributed by atoms with E-state index in [4.69, 9.17) is 0 Å². The molecule has 0 saturated carbocycles. The maximum absolute atomic E-state index is 13.5. The first kappa shape index (κ1) is 19.6. The van der Waals surface area contributed by atoms with Crippen LogP contribution in [0.1, 0.15) is 32.6 Å². The van der Waals surface area contributed by atoms with Crippen molar-refractivity contribution < 1.29 is 22.8 Å². The Balaban J connectivity index is 1.94. The van der Waals surface area contributed by atoms with E-state index in [0.29, 0.717) is 11.3 Å². The molecular weight excluding hydrogens is 391 g/mol. The highest BCUT2D eigenvalue weighted by Gasteiger charge is 2.37. The highest BCUT2D eigenvalue weighted by molar-refractivity contribution is 6.43. The van der Waals surface area contributed by atoms with Gasteiger partial charge in [0.05, 0.1) is 11.3 Å². The monoisotopic (exact) mass is 407 g/mol. The van der Waals surface area contributed by atoms with Gasteiger partial charge in [-0.25, -0.2) is 4.90 Å². The summed E-state index contributed by atoms with van der Waals surface area (Å²) in [5.41, 5.74) is 0.837. The summed E-state index contributed by atoms with van der Waals surface area (Å²) in [4.78, 5) is 27.4. The van der Waals surface area contributed by atoms with Crippen molar-refractivity contribution >= 4 is 29.2 Å². The molecule has 0 bridgehead atoms. The third-order valence-electron chi connectivity index (χ3n) is 4.91. The van der Waals surface area contributed by atoms with Gasteiger partial charge in [0, 0.05) is 11.1 Å². The summed E-state index contributed by atoms with van der Waals surface area (Å²) in [7, 11) is 0. The summed E-state index contributed by atoms with van der Waals surface area (Å²) in [6.45, 7) is 1.83. The molecule has 3 aromatic carbocycles. The normalized spacial score (nSPS) is 15.5. The molecular formula is C24H16F3NO2. The fraction of sp³-hybridized carbons (Fsp3) is 0.0833. The van der Waals surface area contributed by atoms with Crippen LogP contribution in [-0.2, 0) is 11.0 Å². The molecule has 0 fully saturated rings. The molecule has 30 heavy (non-hydrogen) atoms. The number of halogens is 3. The zero-order valence-electron chi connectivity index (χ0n) is 15.9. The fourth-order valence-corrected chi connectivity index (χ4v) is 3.53. The molecule has 1 aliphatic rings. The number of benzene rings is 3. The van der Waals surface area contributed by atoms with Gasteiger partial charge in [0.1, 0.15) is 0 Å². The lowest BCUT2D eigenvalue weighted by molar-refractivity contribution is -0.137. The molecule has 4 rings (SSSR count). The number of imide groups is 1. The molecule has 0 saturated heterocycles. The van der Waals surface area contributed by atoms with E-state index in [2.05, 4.69) is 0 Å². The Morgan fingerprint density at radius 2 is 1.47 bits per heavy atom. The van der Waals surface area contributed by atoms with Gasteiger partial charge >= 0.3 is 6.18 Å². The van der Waals surface area contributed by atoms with Crippen LogP contribution in [0.5, 0.6) is 0 Å². The molecule has 150 valence electrons. The smallest absolute Gasteiger partial charge is 0.268 e. The summed E-state index contributed by atoms with van der Waals surface area (Å²) >= 11 is 0. The van der Waals surface area contributed by atoms with Crippen LogP contribution in [0.2, 0.25) is 0 Å². The molecule has 0 spiro atoms. The lowest BCUT2D eigenvalue weighted by atomic mass is 9.90. The standard InChI is InChI=1S/C24H16F3NO2/c1-15-7-6-9-17(13-15)28-22(29)19-11-4-3-10-18(19)20(23(28)30)14-16-8-2-5-12-21(16)24(25,26)27/h2-14H,1H3/b20-14-. The van der Waals surface area contributed by atoms with Gasteiger partial charge in [-0.15, -0.1) is 0 Å². The number of hydrogen-bond acceptors (Lipinski definition) is 2. The summed E-state index contributed by atoms with van der Waals surface area (Å²) in [6, 6.07) is 18.3. The van der Waals surface area contributed by atoms with Gasteiger partial charge in [0.25, 0.3) is 11.8 Å². The van der Waals surface area contributed by atoms with E-state index in [1.165, 1.54) is 24.3 Å². The summed E-state index contributed by atoms with van der Waals surface area (Å²) in [5.74, 6) is -1.18. The zero-order valence-corrected chi connectivity index (χ0v) is 15.9. The third-order valence-corrected chi connectivity index (χ3v) is 4.91. The van der Waals surface area contributed by atoms with Crippen molar-refractivity contribution in [3.05, 3.63) is 101 Å². The van der Waals surface area contributed by atoms with Crippen LogP contribution in [0, 0.1) is 6.92 Å². The molecule has 0 atom stereocenters. The van der Waals surface area contributed by atoms with E-state index in [1.54, 1.807) is 42.5 Å². The largest absolute Gasteiger partial charge is 0.416 e. The summed E-state index contributed by atoms with van der Waals surface area (Å²) < 4.78 is 40.4. The SMILES string of the molecule is Cc1cccc(N2C(=O)/C(=C\c3ccccc3C(F)(F)F)c3ccccc3C2=O)c1. The first-order valence-corrected chi connectivity index (χ1v) is 9.20. The third kappa shape index (κ3) is 3.41. The predicted octanol–water partition coefficient (Wildman–Crippen LogP) is 5.74. The minimum atomic E-state index is -4.57. The Labute approximate surface area is 171 Å². The van der Waals surface area contributed by atoms with Gasteiger partial charge in [0.2, 0.25) is 0 Å². The van der Waals surface area contributed by atoms with Crippen molar-refractivity contribution in [3.8, 4) is 0 Å². The molecule has 1 aliphatic heterocycles. The fourth-order valence-electron chi connectivity index (χ4n) is 3.53.